The third-order valence-electron chi connectivity index (χ3n) is 0.881. The van der Waals surface area contributed by atoms with Gasteiger partial charge >= 0.3 is 51.4 Å². The fourth-order valence-electron chi connectivity index (χ4n) is 0.441. The van der Waals surface area contributed by atoms with Crippen LogP contribution < -0.4 is 57.1 Å². The van der Waals surface area contributed by atoms with Crippen LogP contribution in [-0.2, 0) is 12.6 Å². The molecule has 0 radical (unpaired) electrons. The number of nitrogens with two attached hydrogens (primary N) is 1. The predicted molar refractivity (Wildman–Crippen MR) is 39.3 cm³/mol. The fraction of sp³-hybridized carbons (Fsp3) is 0. The van der Waals surface area contributed by atoms with Crippen molar-refractivity contribution in [3.8, 4) is 0 Å². The fourth-order valence-corrected chi connectivity index (χ4v) is 0.719. The van der Waals surface area contributed by atoms with Crippen LogP contribution in [0.4, 0.5) is 5.82 Å². The van der Waals surface area contributed by atoms with Crippen molar-refractivity contribution in [2.45, 2.75) is 4.90 Å². The molecular formula is C5H4ClKN2S. The standard InChI is InChI=1S/C5H5ClN2S.K/c6-4-3(9)1-2-8-5(4)7;/h1-2H,(H3,7,8,9);/q;+1/p-1. The van der Waals surface area contributed by atoms with Crippen molar-refractivity contribution < 1.29 is 51.4 Å². The molecule has 0 atom stereocenters. The first-order chi connectivity index (χ1) is 4.22. The zero-order valence-electron chi connectivity index (χ0n) is 5.47. The van der Waals surface area contributed by atoms with Gasteiger partial charge in [0, 0.05) is 6.20 Å². The molecule has 0 amide bonds. The summed E-state index contributed by atoms with van der Waals surface area (Å²) in [5.41, 5.74) is 5.31. The number of nitrogens with zero attached hydrogens (tertiary/aromatic N) is 1. The van der Waals surface area contributed by atoms with Crippen molar-refractivity contribution in [2.24, 2.45) is 0 Å². The molecule has 0 aliphatic heterocycles. The molecule has 1 heterocycles. The van der Waals surface area contributed by atoms with E-state index in [0.29, 0.717) is 15.7 Å². The van der Waals surface area contributed by atoms with Crippen molar-refractivity contribution in [1.29, 1.82) is 0 Å². The van der Waals surface area contributed by atoms with Crippen LogP contribution in [0.3, 0.4) is 0 Å². The molecule has 2 nitrogen and oxygen atoms in total. The summed E-state index contributed by atoms with van der Waals surface area (Å²) in [6.45, 7) is 0. The summed E-state index contributed by atoms with van der Waals surface area (Å²) in [5, 5.41) is 0.368. The molecule has 0 unspecified atom stereocenters. The van der Waals surface area contributed by atoms with Crippen LogP contribution in [0.5, 0.6) is 0 Å². The summed E-state index contributed by atoms with van der Waals surface area (Å²) in [6.07, 6.45) is 1.53. The van der Waals surface area contributed by atoms with E-state index in [9.17, 15) is 0 Å². The molecule has 5 heteroatoms. The maximum absolute atomic E-state index is 5.59. The smallest absolute Gasteiger partial charge is 0.778 e. The third-order valence-corrected chi connectivity index (χ3v) is 1.73. The van der Waals surface area contributed by atoms with Gasteiger partial charge in [0.05, 0.1) is 5.02 Å². The second-order valence-corrected chi connectivity index (χ2v) is 2.33. The van der Waals surface area contributed by atoms with Crippen LogP contribution in [0.1, 0.15) is 0 Å². The van der Waals surface area contributed by atoms with Gasteiger partial charge in [-0.05, 0) is 0 Å². The third kappa shape index (κ3) is 2.62. The summed E-state index contributed by atoms with van der Waals surface area (Å²) >= 11 is 10.4. The van der Waals surface area contributed by atoms with Gasteiger partial charge in [-0.1, -0.05) is 17.7 Å². The summed E-state index contributed by atoms with van der Waals surface area (Å²) < 4.78 is 0. The number of hydrogen-bond acceptors (Lipinski definition) is 3. The molecule has 48 valence electrons. The van der Waals surface area contributed by atoms with E-state index in [4.69, 9.17) is 30.0 Å². The van der Waals surface area contributed by atoms with Crippen molar-refractivity contribution in [3.63, 3.8) is 0 Å². The normalized spacial score (nSPS) is 8.50. The Hall–Kier alpha value is 1.10. The molecule has 0 bridgehead atoms. The van der Waals surface area contributed by atoms with E-state index < -0.39 is 0 Å². The van der Waals surface area contributed by atoms with Gasteiger partial charge in [-0.3, -0.25) is 0 Å². The Morgan fingerprint density at radius 3 is 2.60 bits per heavy atom. The molecular weight excluding hydrogens is 195 g/mol. The van der Waals surface area contributed by atoms with Gasteiger partial charge < -0.3 is 18.4 Å². The first-order valence-electron chi connectivity index (χ1n) is 2.29. The van der Waals surface area contributed by atoms with Crippen molar-refractivity contribution in [1.82, 2.24) is 4.98 Å². The second-order valence-electron chi connectivity index (χ2n) is 1.51. The second kappa shape index (κ2) is 4.87. The van der Waals surface area contributed by atoms with E-state index in [-0.39, 0.29) is 51.4 Å². The molecule has 2 N–H and O–H groups in total. The molecule has 0 saturated heterocycles. The molecule has 0 saturated carbocycles. The molecule has 10 heavy (non-hydrogen) atoms. The summed E-state index contributed by atoms with van der Waals surface area (Å²) in [7, 11) is 0. The predicted octanol–water partition coefficient (Wildman–Crippen LogP) is -1.77. The van der Waals surface area contributed by atoms with E-state index in [1.807, 2.05) is 0 Å². The minimum atomic E-state index is 0. The van der Waals surface area contributed by atoms with E-state index in [1.54, 1.807) is 6.07 Å². The van der Waals surface area contributed by atoms with E-state index in [2.05, 4.69) is 4.98 Å². The Morgan fingerprint density at radius 1 is 1.60 bits per heavy atom. The van der Waals surface area contributed by atoms with E-state index >= 15 is 0 Å². The number of pyridine rings is 1. The SMILES string of the molecule is Nc1nccc([S-])c1Cl.[K+]. The summed E-state index contributed by atoms with van der Waals surface area (Å²) in [5.74, 6) is 0.296. The molecule has 0 spiro atoms. The Balaban J connectivity index is 0.000000810. The minimum Gasteiger partial charge on any atom is -0.778 e. The zero-order chi connectivity index (χ0) is 6.85. The van der Waals surface area contributed by atoms with Crippen LogP contribution in [0.15, 0.2) is 17.2 Å². The molecule has 0 aliphatic carbocycles. The van der Waals surface area contributed by atoms with Gasteiger partial charge in [-0.2, -0.15) is 4.90 Å². The Kier molecular flexibility index (Phi) is 5.40. The van der Waals surface area contributed by atoms with Crippen LogP contribution in [0.25, 0.3) is 0 Å². The monoisotopic (exact) mass is 198 g/mol. The average Bonchev–Trinajstić information content (AvgIpc) is 1.83. The largest absolute Gasteiger partial charge is 1.00 e. The Labute approximate surface area is 112 Å². The average molecular weight is 199 g/mol. The number of rotatable bonds is 0. The number of aromatic nitrogens is 1. The zero-order valence-corrected chi connectivity index (χ0v) is 10.2. The number of nitrogen functional groups attached to an aromatic ring is 1. The van der Waals surface area contributed by atoms with Crippen LogP contribution >= 0.6 is 11.6 Å². The maximum Gasteiger partial charge on any atom is 1.00 e. The molecule has 0 aliphatic rings. The molecule has 0 aromatic carbocycles. The number of halogens is 1. The Bertz CT molecular complexity index is 211. The first kappa shape index (κ1) is 11.1. The van der Waals surface area contributed by atoms with Crippen LogP contribution in [0.2, 0.25) is 5.02 Å². The summed E-state index contributed by atoms with van der Waals surface area (Å²) in [6, 6.07) is 1.63. The topological polar surface area (TPSA) is 38.9 Å². The van der Waals surface area contributed by atoms with Gasteiger partial charge in [0.1, 0.15) is 5.82 Å². The number of hydrogen-bond donors (Lipinski definition) is 1. The van der Waals surface area contributed by atoms with E-state index in [0.717, 1.165) is 0 Å². The van der Waals surface area contributed by atoms with Gasteiger partial charge in [0.15, 0.2) is 0 Å². The molecule has 1 aromatic rings. The van der Waals surface area contributed by atoms with Gasteiger partial charge in [0.25, 0.3) is 0 Å². The molecule has 0 fully saturated rings. The van der Waals surface area contributed by atoms with Crippen molar-refractivity contribution >= 4 is 30.0 Å². The first-order valence-corrected chi connectivity index (χ1v) is 3.07. The van der Waals surface area contributed by atoms with Crippen molar-refractivity contribution in [2.75, 3.05) is 5.73 Å². The number of anilines is 1. The minimum absolute atomic E-state index is 0. The van der Waals surface area contributed by atoms with E-state index in [1.165, 1.54) is 6.20 Å². The van der Waals surface area contributed by atoms with Gasteiger partial charge in [-0.25, -0.2) is 4.98 Å². The molecule has 1 rings (SSSR count). The van der Waals surface area contributed by atoms with Gasteiger partial charge in [-0.15, -0.1) is 0 Å². The quantitative estimate of drug-likeness (QED) is 0.396. The summed E-state index contributed by atoms with van der Waals surface area (Å²) in [4.78, 5) is 4.26. The van der Waals surface area contributed by atoms with Crippen LogP contribution in [-0.4, -0.2) is 4.98 Å². The van der Waals surface area contributed by atoms with Crippen LogP contribution in [0, 0.1) is 0 Å². The maximum atomic E-state index is 5.59. The Morgan fingerprint density at radius 2 is 2.20 bits per heavy atom. The molecule has 1 aromatic heterocycles. The van der Waals surface area contributed by atoms with Crippen molar-refractivity contribution in [3.05, 3.63) is 17.3 Å². The van der Waals surface area contributed by atoms with Gasteiger partial charge in [0.2, 0.25) is 0 Å².